The van der Waals surface area contributed by atoms with Crippen molar-refractivity contribution in [2.75, 3.05) is 31.1 Å². The van der Waals surface area contributed by atoms with Crippen LogP contribution >= 0.6 is 23.2 Å². The number of benzene rings is 1. The summed E-state index contributed by atoms with van der Waals surface area (Å²) in [6, 6.07) is 13.1. The van der Waals surface area contributed by atoms with Gasteiger partial charge in [-0.3, -0.25) is 19.7 Å². The topological polar surface area (TPSA) is 75.1 Å². The van der Waals surface area contributed by atoms with Crippen LogP contribution in [-0.4, -0.2) is 56.9 Å². The molecule has 35 heavy (non-hydrogen) atoms. The molecule has 0 atom stereocenters. The lowest BCUT2D eigenvalue weighted by atomic mass is 10.0. The average molecular weight is 505 g/mol. The predicted octanol–water partition coefficient (Wildman–Crippen LogP) is 5.18. The van der Waals surface area contributed by atoms with Crippen LogP contribution in [0.5, 0.6) is 0 Å². The number of rotatable bonds is 4. The fourth-order valence-corrected chi connectivity index (χ4v) is 4.53. The van der Waals surface area contributed by atoms with Crippen LogP contribution in [0.25, 0.3) is 22.5 Å². The van der Waals surface area contributed by atoms with E-state index in [-0.39, 0.29) is 5.91 Å². The van der Waals surface area contributed by atoms with Gasteiger partial charge >= 0.3 is 0 Å². The molecule has 0 saturated carbocycles. The van der Waals surface area contributed by atoms with Crippen LogP contribution in [0.1, 0.15) is 16.1 Å². The molecule has 7 nitrogen and oxygen atoms in total. The molecule has 0 unspecified atom stereocenters. The summed E-state index contributed by atoms with van der Waals surface area (Å²) in [5.41, 5.74) is 4.30. The Labute approximate surface area is 213 Å². The van der Waals surface area contributed by atoms with Gasteiger partial charge in [0.15, 0.2) is 0 Å². The van der Waals surface area contributed by atoms with Crippen LogP contribution in [-0.2, 0) is 0 Å². The van der Waals surface area contributed by atoms with Crippen molar-refractivity contribution in [1.82, 2.24) is 24.8 Å². The summed E-state index contributed by atoms with van der Waals surface area (Å²) in [6.45, 7) is 4.30. The van der Waals surface area contributed by atoms with Crippen molar-refractivity contribution in [3.8, 4) is 22.5 Å². The average Bonchev–Trinajstić information content (AvgIpc) is 2.89. The van der Waals surface area contributed by atoms with E-state index in [1.54, 1.807) is 24.8 Å². The maximum atomic E-state index is 13.0. The molecule has 0 spiro atoms. The smallest absolute Gasteiger partial charge is 0.272 e. The second-order valence-electron chi connectivity index (χ2n) is 8.24. The molecule has 1 aromatic carbocycles. The number of aryl methyl sites for hydroxylation is 1. The number of nitrogens with zero attached hydrogens (tertiary/aromatic N) is 6. The third-order valence-corrected chi connectivity index (χ3v) is 6.52. The summed E-state index contributed by atoms with van der Waals surface area (Å²) in [4.78, 5) is 35.0. The minimum absolute atomic E-state index is 0.0469. The van der Waals surface area contributed by atoms with Crippen LogP contribution in [0.4, 0.5) is 5.82 Å². The highest BCUT2D eigenvalue weighted by molar-refractivity contribution is 6.33. The molecule has 1 saturated heterocycles. The minimum Gasteiger partial charge on any atom is -0.352 e. The zero-order chi connectivity index (χ0) is 24.4. The highest BCUT2D eigenvalue weighted by Crippen LogP contribution is 2.35. The Hall–Kier alpha value is -3.55. The van der Waals surface area contributed by atoms with Gasteiger partial charge < -0.3 is 9.80 Å². The molecule has 4 aromatic rings. The second kappa shape index (κ2) is 9.98. The summed E-state index contributed by atoms with van der Waals surface area (Å²) in [5, 5.41) is 1.10. The molecule has 1 aliphatic rings. The van der Waals surface area contributed by atoms with E-state index in [0.29, 0.717) is 53.3 Å². The Bertz CT molecular complexity index is 1390. The van der Waals surface area contributed by atoms with Crippen molar-refractivity contribution in [2.45, 2.75) is 6.92 Å². The third-order valence-electron chi connectivity index (χ3n) is 5.99. The molecule has 0 aliphatic carbocycles. The maximum absolute atomic E-state index is 13.0. The van der Waals surface area contributed by atoms with Gasteiger partial charge in [0.25, 0.3) is 5.91 Å². The van der Waals surface area contributed by atoms with E-state index in [2.05, 4.69) is 14.9 Å². The van der Waals surface area contributed by atoms with Gasteiger partial charge in [-0.25, -0.2) is 4.98 Å². The van der Waals surface area contributed by atoms with Crippen molar-refractivity contribution in [3.05, 3.63) is 88.6 Å². The van der Waals surface area contributed by atoms with E-state index in [1.165, 1.54) is 0 Å². The second-order valence-corrected chi connectivity index (χ2v) is 9.08. The molecule has 5 rings (SSSR count). The van der Waals surface area contributed by atoms with Crippen LogP contribution < -0.4 is 4.90 Å². The number of carbonyl (C=O) groups is 1. The zero-order valence-electron chi connectivity index (χ0n) is 19.0. The number of aromatic nitrogens is 4. The van der Waals surface area contributed by atoms with Gasteiger partial charge in [-0.2, -0.15) is 0 Å². The molecule has 1 fully saturated rings. The van der Waals surface area contributed by atoms with E-state index >= 15 is 0 Å². The first kappa shape index (κ1) is 23.2. The molecule has 4 heterocycles. The number of hydrogen-bond donors (Lipinski definition) is 0. The van der Waals surface area contributed by atoms with Crippen molar-refractivity contribution in [1.29, 1.82) is 0 Å². The molecule has 3 aromatic heterocycles. The summed E-state index contributed by atoms with van der Waals surface area (Å²) in [5.74, 6) is 0.675. The quantitative estimate of drug-likeness (QED) is 0.381. The number of anilines is 1. The molecule has 9 heteroatoms. The van der Waals surface area contributed by atoms with Gasteiger partial charge in [0.1, 0.15) is 17.2 Å². The maximum Gasteiger partial charge on any atom is 0.272 e. The lowest BCUT2D eigenvalue weighted by Crippen LogP contribution is -2.49. The van der Waals surface area contributed by atoms with Crippen molar-refractivity contribution in [2.24, 2.45) is 0 Å². The number of carbonyl (C=O) groups excluding carboxylic acids is 1. The largest absolute Gasteiger partial charge is 0.352 e. The SMILES string of the molecule is Cc1cccnc1C(=O)N1CCN(c2cnc(-c3cccc(Cl)c3)c(-c3ccncc3Cl)n2)CC1. The van der Waals surface area contributed by atoms with E-state index in [1.807, 2.05) is 54.3 Å². The van der Waals surface area contributed by atoms with Crippen molar-refractivity contribution in [3.63, 3.8) is 0 Å². The van der Waals surface area contributed by atoms with Gasteiger partial charge in [0.05, 0.1) is 16.9 Å². The van der Waals surface area contributed by atoms with Gasteiger partial charge in [0.2, 0.25) is 0 Å². The molecule has 1 aliphatic heterocycles. The number of halogens is 2. The summed E-state index contributed by atoms with van der Waals surface area (Å²) >= 11 is 12.7. The molecular formula is C26H22Cl2N6O. The Kier molecular flexibility index (Phi) is 6.61. The Morgan fingerprint density at radius 3 is 2.49 bits per heavy atom. The lowest BCUT2D eigenvalue weighted by Gasteiger charge is -2.35. The normalized spacial score (nSPS) is 13.7. The first-order chi connectivity index (χ1) is 17.0. The molecule has 0 bridgehead atoms. The molecular weight excluding hydrogens is 483 g/mol. The summed E-state index contributed by atoms with van der Waals surface area (Å²) < 4.78 is 0. The standard InChI is InChI=1S/C26H22Cl2N6O/c1-17-4-3-8-30-23(17)26(35)34-12-10-33(11-13-34)22-16-31-24(18-5-2-6-19(27)14-18)25(32-22)20-7-9-29-15-21(20)28/h2-9,14-16H,10-13H2,1H3. The van der Waals surface area contributed by atoms with Crippen LogP contribution in [0.2, 0.25) is 10.0 Å². The molecule has 176 valence electrons. The fourth-order valence-electron chi connectivity index (χ4n) is 4.13. The first-order valence-corrected chi connectivity index (χ1v) is 12.0. The first-order valence-electron chi connectivity index (χ1n) is 11.2. The highest BCUT2D eigenvalue weighted by atomic mass is 35.5. The number of piperazine rings is 1. The van der Waals surface area contributed by atoms with Crippen LogP contribution in [0, 0.1) is 6.92 Å². The lowest BCUT2D eigenvalue weighted by molar-refractivity contribution is 0.0740. The number of pyridine rings is 2. The van der Waals surface area contributed by atoms with Gasteiger partial charge in [-0.05, 0) is 36.8 Å². The van der Waals surface area contributed by atoms with Gasteiger partial charge in [0, 0.05) is 60.9 Å². The summed E-state index contributed by atoms with van der Waals surface area (Å²) in [6.07, 6.45) is 6.69. The Balaban J connectivity index is 1.43. The Morgan fingerprint density at radius 1 is 0.914 bits per heavy atom. The van der Waals surface area contributed by atoms with Crippen LogP contribution in [0.15, 0.2) is 67.3 Å². The van der Waals surface area contributed by atoms with Crippen LogP contribution in [0.3, 0.4) is 0 Å². The number of amides is 1. The fraction of sp³-hybridized carbons (Fsp3) is 0.192. The van der Waals surface area contributed by atoms with Gasteiger partial charge in [-0.1, -0.05) is 41.4 Å². The Morgan fingerprint density at radius 2 is 1.74 bits per heavy atom. The van der Waals surface area contributed by atoms with E-state index in [4.69, 9.17) is 33.2 Å². The van der Waals surface area contributed by atoms with E-state index in [9.17, 15) is 4.79 Å². The number of hydrogen-bond acceptors (Lipinski definition) is 6. The monoisotopic (exact) mass is 504 g/mol. The van der Waals surface area contributed by atoms with Crippen molar-refractivity contribution < 1.29 is 4.79 Å². The van der Waals surface area contributed by atoms with Gasteiger partial charge in [-0.15, -0.1) is 0 Å². The third kappa shape index (κ3) is 4.83. The predicted molar refractivity (Wildman–Crippen MR) is 138 cm³/mol. The minimum atomic E-state index is -0.0469. The zero-order valence-corrected chi connectivity index (χ0v) is 20.5. The summed E-state index contributed by atoms with van der Waals surface area (Å²) in [7, 11) is 0. The van der Waals surface area contributed by atoms with E-state index < -0.39 is 0 Å². The van der Waals surface area contributed by atoms with E-state index in [0.717, 1.165) is 22.5 Å². The molecule has 0 radical (unpaired) electrons. The van der Waals surface area contributed by atoms with Crippen molar-refractivity contribution >= 4 is 34.9 Å². The highest BCUT2D eigenvalue weighted by Gasteiger charge is 2.25. The molecule has 0 N–H and O–H groups in total. The molecule has 1 amide bonds.